The first kappa shape index (κ1) is 17.4. The van der Waals surface area contributed by atoms with Crippen LogP contribution in [0.5, 0.6) is 0 Å². The summed E-state index contributed by atoms with van der Waals surface area (Å²) in [5.74, 6) is 0. The highest BCUT2D eigenvalue weighted by Gasteiger charge is 2.47. The summed E-state index contributed by atoms with van der Waals surface area (Å²) in [5, 5.41) is 2.90. The molecule has 4 rings (SSSR count). The lowest BCUT2D eigenvalue weighted by Crippen LogP contribution is -2.53. The molecule has 1 aromatic carbocycles. The molecular formula is C18H23N5O4. The smallest absolute Gasteiger partial charge is 0.410 e. The molecule has 2 saturated heterocycles. The van der Waals surface area contributed by atoms with Crippen molar-refractivity contribution in [1.29, 1.82) is 0 Å². The Balaban J connectivity index is 1.52. The molecule has 9 nitrogen and oxygen atoms in total. The number of hydrogen-bond donors (Lipinski definition) is 1. The molecule has 1 atom stereocenters. The van der Waals surface area contributed by atoms with Gasteiger partial charge in [0, 0.05) is 33.4 Å². The van der Waals surface area contributed by atoms with Gasteiger partial charge < -0.3 is 19.9 Å². The van der Waals surface area contributed by atoms with Crippen molar-refractivity contribution in [3.63, 3.8) is 0 Å². The van der Waals surface area contributed by atoms with E-state index in [1.807, 2.05) is 6.07 Å². The lowest BCUT2D eigenvalue weighted by Gasteiger charge is -2.38. The largest absolute Gasteiger partial charge is 0.439 e. The number of hydrogen-bond acceptors (Lipinski definition) is 4. The van der Waals surface area contributed by atoms with Gasteiger partial charge in [-0.15, -0.1) is 0 Å². The van der Waals surface area contributed by atoms with E-state index in [9.17, 15) is 14.4 Å². The zero-order valence-electron chi connectivity index (χ0n) is 15.7. The number of nitrogens with one attached hydrogen (secondary N) is 1. The van der Waals surface area contributed by atoms with Crippen molar-refractivity contribution < 1.29 is 14.3 Å². The first-order chi connectivity index (χ1) is 12.8. The van der Waals surface area contributed by atoms with Gasteiger partial charge in [-0.05, 0) is 31.0 Å². The number of nitrogens with zero attached hydrogens (tertiary/aromatic N) is 4. The summed E-state index contributed by atoms with van der Waals surface area (Å²) in [6.07, 6.45) is 1.19. The van der Waals surface area contributed by atoms with E-state index in [4.69, 9.17) is 4.74 Å². The van der Waals surface area contributed by atoms with Crippen LogP contribution in [0.2, 0.25) is 0 Å². The fourth-order valence-corrected chi connectivity index (χ4v) is 4.06. The van der Waals surface area contributed by atoms with E-state index in [1.165, 1.54) is 0 Å². The summed E-state index contributed by atoms with van der Waals surface area (Å²) in [5.41, 5.74) is 1.45. The number of anilines is 1. The van der Waals surface area contributed by atoms with Gasteiger partial charge in [0.1, 0.15) is 5.60 Å². The van der Waals surface area contributed by atoms with Crippen molar-refractivity contribution in [2.75, 3.05) is 32.0 Å². The fraction of sp³-hybridized carbons (Fsp3) is 0.500. The van der Waals surface area contributed by atoms with Crippen LogP contribution in [-0.2, 0) is 18.8 Å². The molecule has 3 heterocycles. The average Bonchev–Trinajstić information content (AvgIpc) is 3.03. The number of piperidine rings is 1. The van der Waals surface area contributed by atoms with E-state index in [1.54, 1.807) is 52.2 Å². The molecule has 27 heavy (non-hydrogen) atoms. The summed E-state index contributed by atoms with van der Waals surface area (Å²) in [7, 11) is 5.13. The molecule has 1 spiro atoms. The van der Waals surface area contributed by atoms with Crippen molar-refractivity contribution in [3.8, 4) is 0 Å². The highest BCUT2D eigenvalue weighted by molar-refractivity contribution is 5.92. The van der Waals surface area contributed by atoms with Gasteiger partial charge in [0.15, 0.2) is 0 Å². The Morgan fingerprint density at radius 3 is 2.56 bits per heavy atom. The second-order valence-electron chi connectivity index (χ2n) is 7.47. The van der Waals surface area contributed by atoms with Crippen LogP contribution < -0.4 is 11.0 Å². The first-order valence-corrected chi connectivity index (χ1v) is 8.95. The highest BCUT2D eigenvalue weighted by atomic mass is 16.6. The monoisotopic (exact) mass is 373 g/mol. The number of urea groups is 1. The molecule has 2 aromatic rings. The molecule has 0 bridgehead atoms. The normalized spacial score (nSPS) is 22.6. The van der Waals surface area contributed by atoms with Crippen molar-refractivity contribution in [2.24, 2.45) is 14.1 Å². The summed E-state index contributed by atoms with van der Waals surface area (Å²) in [6.45, 7) is 1.48. The summed E-state index contributed by atoms with van der Waals surface area (Å²) in [4.78, 5) is 39.8. The van der Waals surface area contributed by atoms with Gasteiger partial charge >= 0.3 is 17.8 Å². The third-order valence-electron chi connectivity index (χ3n) is 5.49. The van der Waals surface area contributed by atoms with Gasteiger partial charge in [-0.25, -0.2) is 14.4 Å². The fourth-order valence-electron chi connectivity index (χ4n) is 4.06. The second kappa shape index (κ2) is 6.04. The number of imidazole rings is 1. The van der Waals surface area contributed by atoms with E-state index in [-0.39, 0.29) is 17.8 Å². The van der Waals surface area contributed by atoms with Crippen LogP contribution in [0.15, 0.2) is 23.0 Å². The Bertz CT molecular complexity index is 994. The quantitative estimate of drug-likeness (QED) is 0.817. The lowest BCUT2D eigenvalue weighted by molar-refractivity contribution is 0.00497. The standard InChI is InChI=1S/C18H23N5O4/c1-20-10-18(27-17(20)26)7-4-8-23(11-18)15(24)19-12-5-6-13-14(9-12)22(3)16(25)21(13)2/h5-6,9H,4,7-8,10-11H2,1-3H3,(H,19,24)/t18-/m1/s1. The Labute approximate surface area is 156 Å². The van der Waals surface area contributed by atoms with Crippen molar-refractivity contribution in [3.05, 3.63) is 28.7 Å². The number of likely N-dealkylation sites (N-methyl/N-ethyl adjacent to an activating group) is 1. The number of ether oxygens (including phenoxy) is 1. The highest BCUT2D eigenvalue weighted by Crippen LogP contribution is 2.31. The maximum absolute atomic E-state index is 12.8. The summed E-state index contributed by atoms with van der Waals surface area (Å²) in [6, 6.07) is 5.15. The zero-order valence-corrected chi connectivity index (χ0v) is 15.7. The minimum Gasteiger partial charge on any atom is -0.439 e. The van der Waals surface area contributed by atoms with Gasteiger partial charge in [-0.1, -0.05) is 0 Å². The van der Waals surface area contributed by atoms with Crippen LogP contribution in [0, 0.1) is 0 Å². The molecule has 9 heteroatoms. The van der Waals surface area contributed by atoms with E-state index in [0.29, 0.717) is 25.3 Å². The van der Waals surface area contributed by atoms with Gasteiger partial charge in [-0.2, -0.15) is 0 Å². The van der Waals surface area contributed by atoms with E-state index < -0.39 is 5.60 Å². The molecule has 2 aliphatic heterocycles. The van der Waals surface area contributed by atoms with Gasteiger partial charge in [0.2, 0.25) is 0 Å². The van der Waals surface area contributed by atoms with E-state index in [0.717, 1.165) is 23.9 Å². The van der Waals surface area contributed by atoms with Crippen LogP contribution >= 0.6 is 0 Å². The maximum Gasteiger partial charge on any atom is 0.410 e. The number of amides is 3. The topological polar surface area (TPSA) is 88.8 Å². The third kappa shape index (κ3) is 2.83. The van der Waals surface area contributed by atoms with E-state index >= 15 is 0 Å². The zero-order chi connectivity index (χ0) is 19.3. The van der Waals surface area contributed by atoms with Crippen molar-refractivity contribution in [2.45, 2.75) is 18.4 Å². The molecule has 2 aliphatic rings. The molecule has 0 radical (unpaired) electrons. The minimum absolute atomic E-state index is 0.112. The minimum atomic E-state index is -0.616. The predicted molar refractivity (Wildman–Crippen MR) is 99.8 cm³/mol. The predicted octanol–water partition coefficient (Wildman–Crippen LogP) is 1.33. The molecule has 1 aromatic heterocycles. The summed E-state index contributed by atoms with van der Waals surface area (Å²) >= 11 is 0. The van der Waals surface area contributed by atoms with Crippen molar-refractivity contribution >= 4 is 28.8 Å². The van der Waals surface area contributed by atoms with Crippen LogP contribution in [-0.4, -0.2) is 63.3 Å². The number of benzene rings is 1. The van der Waals surface area contributed by atoms with Gasteiger partial charge in [-0.3, -0.25) is 9.13 Å². The van der Waals surface area contributed by atoms with Crippen LogP contribution in [0.1, 0.15) is 12.8 Å². The molecule has 2 fully saturated rings. The van der Waals surface area contributed by atoms with Crippen LogP contribution in [0.4, 0.5) is 15.3 Å². The van der Waals surface area contributed by atoms with Crippen LogP contribution in [0.3, 0.4) is 0 Å². The number of rotatable bonds is 1. The van der Waals surface area contributed by atoms with Crippen LogP contribution in [0.25, 0.3) is 11.0 Å². The SMILES string of the molecule is CN1C[C@@]2(CCCN(C(=O)Nc3ccc4c(c3)n(C)c(=O)n4C)C2)OC1=O. The Morgan fingerprint density at radius 2 is 1.85 bits per heavy atom. The lowest BCUT2D eigenvalue weighted by atomic mass is 9.93. The summed E-state index contributed by atoms with van der Waals surface area (Å²) < 4.78 is 8.67. The molecule has 1 N–H and O–H groups in total. The van der Waals surface area contributed by atoms with Gasteiger partial charge in [0.05, 0.1) is 24.1 Å². The molecule has 0 unspecified atom stereocenters. The molecular weight excluding hydrogens is 350 g/mol. The third-order valence-corrected chi connectivity index (χ3v) is 5.49. The Kier molecular flexibility index (Phi) is 3.90. The number of carbonyl (C=O) groups is 2. The number of aryl methyl sites for hydroxylation is 2. The van der Waals surface area contributed by atoms with E-state index in [2.05, 4.69) is 5.32 Å². The molecule has 0 aliphatic carbocycles. The molecule has 0 saturated carbocycles. The first-order valence-electron chi connectivity index (χ1n) is 8.95. The number of carbonyl (C=O) groups excluding carboxylic acids is 2. The number of aromatic nitrogens is 2. The Morgan fingerprint density at radius 1 is 1.11 bits per heavy atom. The molecule has 3 amide bonds. The number of likely N-dealkylation sites (tertiary alicyclic amines) is 1. The van der Waals surface area contributed by atoms with Crippen molar-refractivity contribution in [1.82, 2.24) is 18.9 Å². The Hall–Kier alpha value is -2.97. The average molecular weight is 373 g/mol. The maximum atomic E-state index is 12.8. The van der Waals surface area contributed by atoms with Gasteiger partial charge in [0.25, 0.3) is 0 Å². The molecule has 144 valence electrons. The second-order valence-corrected chi connectivity index (χ2v) is 7.47. The number of fused-ring (bicyclic) bond motifs is 1.